The van der Waals surface area contributed by atoms with Crippen LogP contribution >= 0.6 is 15.9 Å². The van der Waals surface area contributed by atoms with Crippen LogP contribution < -0.4 is 5.32 Å². The molecule has 0 saturated heterocycles. The third-order valence-corrected chi connectivity index (χ3v) is 3.25. The van der Waals surface area contributed by atoms with Gasteiger partial charge in [-0.05, 0) is 23.8 Å². The summed E-state index contributed by atoms with van der Waals surface area (Å²) in [5, 5.41) is 22.6. The second-order valence-electron chi connectivity index (χ2n) is 4.31. The number of hydrogen-bond acceptors (Lipinski definition) is 4. The van der Waals surface area contributed by atoms with Crippen molar-refractivity contribution in [3.8, 4) is 0 Å². The van der Waals surface area contributed by atoms with Crippen molar-refractivity contribution < 1.29 is 14.8 Å². The number of non-ortho nitro benzene ring substituents is 1. The van der Waals surface area contributed by atoms with E-state index in [0.717, 1.165) is 5.56 Å². The van der Waals surface area contributed by atoms with E-state index in [1.165, 1.54) is 24.3 Å². The van der Waals surface area contributed by atoms with Crippen molar-refractivity contribution in [2.24, 2.45) is 0 Å². The van der Waals surface area contributed by atoms with Crippen LogP contribution in [0.25, 0.3) is 0 Å². The van der Waals surface area contributed by atoms with E-state index in [-0.39, 0.29) is 11.3 Å². The minimum absolute atomic E-state index is 0.0365. The Hall–Kier alpha value is -2.41. The second kappa shape index (κ2) is 6.36. The maximum Gasteiger partial charge on any atom is 0.335 e. The van der Waals surface area contributed by atoms with Gasteiger partial charge in [-0.2, -0.15) is 0 Å². The number of anilines is 1. The van der Waals surface area contributed by atoms with Gasteiger partial charge in [-0.15, -0.1) is 0 Å². The molecule has 0 aromatic heterocycles. The summed E-state index contributed by atoms with van der Waals surface area (Å²) >= 11 is 3.25. The van der Waals surface area contributed by atoms with Crippen molar-refractivity contribution in [2.75, 3.05) is 5.32 Å². The summed E-state index contributed by atoms with van der Waals surface area (Å²) in [5.41, 5.74) is 1.72. The van der Waals surface area contributed by atoms with Crippen molar-refractivity contribution in [3.05, 3.63) is 68.2 Å². The molecule has 0 unspecified atom stereocenters. The number of aromatic carboxylic acids is 1. The molecule has 0 fully saturated rings. The average Bonchev–Trinajstić information content (AvgIpc) is 2.45. The highest BCUT2D eigenvalue weighted by molar-refractivity contribution is 9.10. The lowest BCUT2D eigenvalue weighted by molar-refractivity contribution is -0.384. The third kappa shape index (κ3) is 4.03. The monoisotopic (exact) mass is 350 g/mol. The number of carboxylic acid groups (broad SMARTS) is 1. The molecule has 0 amide bonds. The SMILES string of the molecule is O=C(O)c1cc(Br)cc(NCc2ccc([N+](=O)[O-])cc2)c1. The summed E-state index contributed by atoms with van der Waals surface area (Å²) in [7, 11) is 0. The molecule has 2 aromatic rings. The summed E-state index contributed by atoms with van der Waals surface area (Å²) in [5.74, 6) is -1.00. The Bertz CT molecular complexity index is 686. The molecule has 0 aliphatic carbocycles. The molecule has 108 valence electrons. The summed E-state index contributed by atoms with van der Waals surface area (Å²) in [6.45, 7) is 0.438. The van der Waals surface area contributed by atoms with E-state index in [2.05, 4.69) is 21.2 Å². The Kier molecular flexibility index (Phi) is 4.54. The van der Waals surface area contributed by atoms with E-state index >= 15 is 0 Å². The Balaban J connectivity index is 2.09. The van der Waals surface area contributed by atoms with Gasteiger partial charge in [-0.3, -0.25) is 10.1 Å². The number of nitro benzene ring substituents is 1. The van der Waals surface area contributed by atoms with E-state index in [4.69, 9.17) is 5.11 Å². The molecular formula is C14H11BrN2O4. The van der Waals surface area contributed by atoms with Gasteiger partial charge in [0.1, 0.15) is 0 Å². The van der Waals surface area contributed by atoms with Crippen molar-refractivity contribution in [1.82, 2.24) is 0 Å². The first-order valence-electron chi connectivity index (χ1n) is 5.97. The molecule has 0 atom stereocenters. The van der Waals surface area contributed by atoms with Gasteiger partial charge in [0.2, 0.25) is 0 Å². The highest BCUT2D eigenvalue weighted by Gasteiger charge is 2.07. The first kappa shape index (κ1) is 15.0. The zero-order valence-corrected chi connectivity index (χ0v) is 12.3. The van der Waals surface area contributed by atoms with Gasteiger partial charge in [0.05, 0.1) is 10.5 Å². The molecular weight excluding hydrogens is 340 g/mol. The van der Waals surface area contributed by atoms with Crippen LogP contribution in [-0.4, -0.2) is 16.0 Å². The van der Waals surface area contributed by atoms with Crippen molar-refractivity contribution >= 4 is 33.3 Å². The zero-order valence-electron chi connectivity index (χ0n) is 10.7. The van der Waals surface area contributed by atoms with Crippen LogP contribution in [0.15, 0.2) is 46.9 Å². The largest absolute Gasteiger partial charge is 0.478 e. The summed E-state index contributed by atoms with van der Waals surface area (Å²) in [6.07, 6.45) is 0. The number of nitrogens with zero attached hydrogens (tertiary/aromatic N) is 1. The predicted octanol–water partition coefficient (Wildman–Crippen LogP) is 3.67. The van der Waals surface area contributed by atoms with Crippen molar-refractivity contribution in [3.63, 3.8) is 0 Å². The van der Waals surface area contributed by atoms with E-state index in [1.807, 2.05) is 0 Å². The number of hydrogen-bond donors (Lipinski definition) is 2. The lowest BCUT2D eigenvalue weighted by atomic mass is 10.1. The van der Waals surface area contributed by atoms with Gasteiger partial charge in [0, 0.05) is 28.8 Å². The van der Waals surface area contributed by atoms with Crippen LogP contribution in [0.2, 0.25) is 0 Å². The lowest BCUT2D eigenvalue weighted by Gasteiger charge is -2.08. The highest BCUT2D eigenvalue weighted by Crippen LogP contribution is 2.21. The van der Waals surface area contributed by atoms with Crippen LogP contribution in [-0.2, 0) is 6.54 Å². The first-order chi connectivity index (χ1) is 9.95. The molecule has 0 aliphatic heterocycles. The van der Waals surface area contributed by atoms with Gasteiger partial charge in [0.25, 0.3) is 5.69 Å². The number of benzene rings is 2. The molecule has 21 heavy (non-hydrogen) atoms. The number of halogens is 1. The van der Waals surface area contributed by atoms with Gasteiger partial charge in [0.15, 0.2) is 0 Å². The normalized spacial score (nSPS) is 10.1. The Labute approximate surface area is 128 Å². The minimum atomic E-state index is -1.00. The maximum absolute atomic E-state index is 11.0. The maximum atomic E-state index is 11.0. The standard InChI is InChI=1S/C14H11BrN2O4/c15-11-5-10(14(18)19)6-12(7-11)16-8-9-1-3-13(4-2-9)17(20)21/h1-7,16H,8H2,(H,18,19). The number of carbonyl (C=O) groups is 1. The van der Waals surface area contributed by atoms with Gasteiger partial charge < -0.3 is 10.4 Å². The first-order valence-corrected chi connectivity index (χ1v) is 6.76. The second-order valence-corrected chi connectivity index (χ2v) is 5.23. The quantitative estimate of drug-likeness (QED) is 0.633. The molecule has 2 aromatic carbocycles. The number of carboxylic acids is 1. The number of nitrogens with one attached hydrogen (secondary N) is 1. The molecule has 0 spiro atoms. The predicted molar refractivity (Wildman–Crippen MR) is 81.5 cm³/mol. The van der Waals surface area contributed by atoms with E-state index in [9.17, 15) is 14.9 Å². The van der Waals surface area contributed by atoms with Gasteiger partial charge >= 0.3 is 5.97 Å². The molecule has 2 rings (SSSR count). The molecule has 0 radical (unpaired) electrons. The Morgan fingerprint density at radius 2 is 1.90 bits per heavy atom. The van der Waals surface area contributed by atoms with E-state index < -0.39 is 10.9 Å². The summed E-state index contributed by atoms with van der Waals surface area (Å²) < 4.78 is 0.661. The number of nitro groups is 1. The molecule has 6 nitrogen and oxygen atoms in total. The highest BCUT2D eigenvalue weighted by atomic mass is 79.9. The topological polar surface area (TPSA) is 92.5 Å². The molecule has 2 N–H and O–H groups in total. The van der Waals surface area contributed by atoms with Crippen molar-refractivity contribution in [1.29, 1.82) is 0 Å². The van der Waals surface area contributed by atoms with E-state index in [1.54, 1.807) is 18.2 Å². The average molecular weight is 351 g/mol. The molecule has 7 heteroatoms. The Morgan fingerprint density at radius 3 is 2.48 bits per heavy atom. The summed E-state index contributed by atoms with van der Waals surface area (Å²) in [6, 6.07) is 11.0. The van der Waals surface area contributed by atoms with Gasteiger partial charge in [-0.25, -0.2) is 4.79 Å². The molecule has 0 heterocycles. The Morgan fingerprint density at radius 1 is 1.24 bits per heavy atom. The van der Waals surface area contributed by atoms with Gasteiger partial charge in [-0.1, -0.05) is 28.1 Å². The summed E-state index contributed by atoms with van der Waals surface area (Å²) in [4.78, 5) is 21.1. The van der Waals surface area contributed by atoms with E-state index in [0.29, 0.717) is 16.7 Å². The fraction of sp³-hybridized carbons (Fsp3) is 0.0714. The molecule has 0 saturated carbocycles. The smallest absolute Gasteiger partial charge is 0.335 e. The molecule has 0 aliphatic rings. The fourth-order valence-corrected chi connectivity index (χ4v) is 2.25. The van der Waals surface area contributed by atoms with Crippen LogP contribution in [0, 0.1) is 10.1 Å². The molecule has 0 bridgehead atoms. The van der Waals surface area contributed by atoms with Crippen molar-refractivity contribution in [2.45, 2.75) is 6.54 Å². The lowest BCUT2D eigenvalue weighted by Crippen LogP contribution is -2.02. The van der Waals surface area contributed by atoms with Crippen LogP contribution in [0.4, 0.5) is 11.4 Å². The van der Waals surface area contributed by atoms with Crippen LogP contribution in [0.5, 0.6) is 0 Å². The van der Waals surface area contributed by atoms with Crippen LogP contribution in [0.1, 0.15) is 15.9 Å². The van der Waals surface area contributed by atoms with Crippen LogP contribution in [0.3, 0.4) is 0 Å². The minimum Gasteiger partial charge on any atom is -0.478 e. The third-order valence-electron chi connectivity index (χ3n) is 2.79. The fourth-order valence-electron chi connectivity index (χ4n) is 1.75. The number of rotatable bonds is 5. The zero-order chi connectivity index (χ0) is 15.4.